The number of nitrogens with zero attached hydrogens (tertiary/aromatic N) is 1. The van der Waals surface area contributed by atoms with Crippen LogP contribution in [0.4, 0.5) is 23.2 Å². The number of hydrogen-bond donors (Lipinski definition) is 3. The van der Waals surface area contributed by atoms with E-state index in [9.17, 15) is 46.6 Å². The van der Waals surface area contributed by atoms with Crippen LogP contribution in [0.25, 0.3) is 0 Å². The molecule has 0 saturated carbocycles. The van der Waals surface area contributed by atoms with Gasteiger partial charge in [-0.1, -0.05) is 45.4 Å². The first-order valence-electron chi connectivity index (χ1n) is 13.8. The first kappa shape index (κ1) is 34.0. The van der Waals surface area contributed by atoms with E-state index < -0.39 is 83.5 Å². The molecule has 0 aliphatic carbocycles. The Balaban J connectivity index is 1.69. The van der Waals surface area contributed by atoms with Gasteiger partial charge in [0, 0.05) is 24.8 Å². The number of amides is 3. The lowest BCUT2D eigenvalue weighted by atomic mass is 9.86. The third kappa shape index (κ3) is 8.54. The average molecular weight is 624 g/mol. The van der Waals surface area contributed by atoms with Gasteiger partial charge in [-0.25, -0.2) is 8.78 Å². The number of carboxylic acids is 1. The minimum absolute atomic E-state index is 0.0536. The first-order chi connectivity index (χ1) is 20.6. The van der Waals surface area contributed by atoms with Gasteiger partial charge >= 0.3 is 17.8 Å². The standard InChI is InChI=1S/C30H33F4N3O7/c1-30(2,3)17-9-4-5-10-20(17)35-28(42)29(43)37-11-7-6-8-16(14-37)27(41)36-21(13-23(39)40)22(38)15-44-26-24(33)18(31)12-19(32)25(26)34/h4-5,9-10,12,16,21H,6-8,11,13-15H2,1-3H3,(H,35,42)(H,36,41)(H,39,40)/t16-,21-/m0/s1. The lowest BCUT2D eigenvalue weighted by Gasteiger charge is -2.26. The Kier molecular flexibility index (Phi) is 11.1. The van der Waals surface area contributed by atoms with Crippen LogP contribution in [0.2, 0.25) is 0 Å². The van der Waals surface area contributed by atoms with Crippen LogP contribution in [0, 0.1) is 29.2 Å². The SMILES string of the molecule is CC(C)(C)c1ccccc1NC(=O)C(=O)N1CCCC[C@H](C(=O)N[C@@H](CC(=O)O)C(=O)COc2c(F)c(F)cc(F)c2F)C1. The van der Waals surface area contributed by atoms with Gasteiger partial charge in [0.1, 0.15) is 12.6 Å². The molecule has 2 aromatic carbocycles. The number of rotatable bonds is 9. The Morgan fingerprint density at radius 2 is 1.66 bits per heavy atom. The van der Waals surface area contributed by atoms with E-state index in [1.807, 2.05) is 32.9 Å². The fourth-order valence-electron chi connectivity index (χ4n) is 4.74. The fraction of sp³-hybridized carbons (Fsp3) is 0.433. The summed E-state index contributed by atoms with van der Waals surface area (Å²) in [5.74, 6) is -15.1. The van der Waals surface area contributed by atoms with Crippen LogP contribution in [-0.4, -0.2) is 65.2 Å². The number of ether oxygens (including phenoxy) is 1. The third-order valence-corrected chi connectivity index (χ3v) is 7.02. The summed E-state index contributed by atoms with van der Waals surface area (Å²) in [6.45, 7) is 4.59. The minimum atomic E-state index is -1.90. The number of carbonyl (C=O) groups excluding carboxylic acids is 4. The second kappa shape index (κ2) is 14.3. The van der Waals surface area contributed by atoms with Gasteiger partial charge in [0.2, 0.25) is 17.5 Å². The fourth-order valence-corrected chi connectivity index (χ4v) is 4.74. The van der Waals surface area contributed by atoms with Crippen LogP contribution < -0.4 is 15.4 Å². The van der Waals surface area contributed by atoms with Crippen molar-refractivity contribution in [3.8, 4) is 5.75 Å². The number of para-hydroxylation sites is 1. The third-order valence-electron chi connectivity index (χ3n) is 7.02. The van der Waals surface area contributed by atoms with Gasteiger partial charge in [-0.2, -0.15) is 8.78 Å². The number of aliphatic carboxylic acids is 1. The molecule has 44 heavy (non-hydrogen) atoms. The summed E-state index contributed by atoms with van der Waals surface area (Å²) in [5, 5.41) is 14.2. The lowest BCUT2D eigenvalue weighted by molar-refractivity contribution is -0.144. The molecule has 0 spiro atoms. The molecule has 0 radical (unpaired) electrons. The van der Waals surface area contributed by atoms with Crippen molar-refractivity contribution in [3.05, 3.63) is 59.2 Å². The molecule has 2 aromatic rings. The van der Waals surface area contributed by atoms with Crippen molar-refractivity contribution in [2.45, 2.75) is 57.9 Å². The number of benzene rings is 2. The van der Waals surface area contributed by atoms with E-state index in [0.29, 0.717) is 18.5 Å². The van der Waals surface area contributed by atoms with Crippen molar-refractivity contribution in [1.29, 1.82) is 0 Å². The van der Waals surface area contributed by atoms with Crippen molar-refractivity contribution in [3.63, 3.8) is 0 Å². The number of Topliss-reactive ketones (excluding diaryl/α,β-unsaturated/α-hetero) is 1. The molecule has 10 nitrogen and oxygen atoms in total. The Morgan fingerprint density at radius 1 is 1.02 bits per heavy atom. The van der Waals surface area contributed by atoms with Gasteiger partial charge in [-0.05, 0) is 29.9 Å². The maximum atomic E-state index is 13.9. The Bertz CT molecular complexity index is 1420. The summed E-state index contributed by atoms with van der Waals surface area (Å²) in [5.41, 5.74) is 0.935. The van der Waals surface area contributed by atoms with Gasteiger partial charge in [-0.15, -0.1) is 0 Å². The van der Waals surface area contributed by atoms with Crippen LogP contribution in [0.15, 0.2) is 30.3 Å². The van der Waals surface area contributed by atoms with Crippen LogP contribution in [0.5, 0.6) is 5.75 Å². The Labute approximate surface area is 250 Å². The monoisotopic (exact) mass is 623 g/mol. The number of hydrogen-bond acceptors (Lipinski definition) is 6. The van der Waals surface area contributed by atoms with E-state index in [1.54, 1.807) is 12.1 Å². The lowest BCUT2D eigenvalue weighted by Crippen LogP contribution is -2.49. The highest BCUT2D eigenvalue weighted by molar-refractivity contribution is 6.39. The Morgan fingerprint density at radius 3 is 2.27 bits per heavy atom. The highest BCUT2D eigenvalue weighted by atomic mass is 19.2. The van der Waals surface area contributed by atoms with Crippen LogP contribution in [0.1, 0.15) is 52.0 Å². The summed E-state index contributed by atoms with van der Waals surface area (Å²) in [7, 11) is 0. The van der Waals surface area contributed by atoms with E-state index in [-0.39, 0.29) is 31.0 Å². The molecule has 1 saturated heterocycles. The topological polar surface area (TPSA) is 142 Å². The zero-order chi connectivity index (χ0) is 32.8. The van der Waals surface area contributed by atoms with Crippen molar-refractivity contribution in [2.75, 3.05) is 25.0 Å². The molecule has 0 bridgehead atoms. The van der Waals surface area contributed by atoms with E-state index >= 15 is 0 Å². The van der Waals surface area contributed by atoms with E-state index in [2.05, 4.69) is 15.4 Å². The number of ketones is 1. The number of nitrogens with one attached hydrogen (secondary N) is 2. The average Bonchev–Trinajstić information content (AvgIpc) is 3.21. The van der Waals surface area contributed by atoms with Crippen LogP contribution in [-0.2, 0) is 29.4 Å². The molecule has 1 aliphatic heterocycles. The molecule has 238 valence electrons. The summed E-state index contributed by atoms with van der Waals surface area (Å²) in [6.07, 6.45) is 0.240. The van der Waals surface area contributed by atoms with Crippen molar-refractivity contribution in [2.24, 2.45) is 5.92 Å². The van der Waals surface area contributed by atoms with Gasteiger partial charge in [0.15, 0.2) is 23.2 Å². The van der Waals surface area contributed by atoms with E-state index in [0.717, 1.165) is 5.56 Å². The molecule has 2 atom stereocenters. The summed E-state index contributed by atoms with van der Waals surface area (Å²) < 4.78 is 59.4. The van der Waals surface area contributed by atoms with E-state index in [4.69, 9.17) is 0 Å². The highest BCUT2D eigenvalue weighted by Crippen LogP contribution is 2.30. The predicted molar refractivity (Wildman–Crippen MR) is 149 cm³/mol. The smallest absolute Gasteiger partial charge is 0.313 e. The second-order valence-corrected chi connectivity index (χ2v) is 11.4. The molecule has 0 aromatic heterocycles. The van der Waals surface area contributed by atoms with Gasteiger partial charge in [-0.3, -0.25) is 24.0 Å². The quantitative estimate of drug-likeness (QED) is 0.220. The number of carbonyl (C=O) groups is 5. The van der Waals surface area contributed by atoms with E-state index in [1.165, 1.54) is 4.90 Å². The van der Waals surface area contributed by atoms with Crippen LogP contribution >= 0.6 is 0 Å². The zero-order valence-corrected chi connectivity index (χ0v) is 24.3. The maximum Gasteiger partial charge on any atom is 0.313 e. The molecule has 1 aliphatic rings. The normalized spacial score (nSPS) is 16.0. The maximum absolute atomic E-state index is 13.9. The molecule has 3 amide bonds. The molecule has 3 rings (SSSR count). The van der Waals surface area contributed by atoms with Gasteiger partial charge in [0.05, 0.1) is 12.3 Å². The second-order valence-electron chi connectivity index (χ2n) is 11.4. The Hall–Kier alpha value is -4.49. The van der Waals surface area contributed by atoms with Crippen molar-refractivity contribution >= 4 is 35.2 Å². The summed E-state index contributed by atoms with van der Waals surface area (Å²) in [6, 6.07) is 5.22. The molecule has 14 heteroatoms. The number of likely N-dealkylation sites (tertiary alicyclic amines) is 1. The molecule has 0 unspecified atom stereocenters. The highest BCUT2D eigenvalue weighted by Gasteiger charge is 2.33. The number of carboxylic acid groups (broad SMARTS) is 1. The van der Waals surface area contributed by atoms with Gasteiger partial charge < -0.3 is 25.4 Å². The summed E-state index contributed by atoms with van der Waals surface area (Å²) >= 11 is 0. The van der Waals surface area contributed by atoms with Crippen molar-refractivity contribution in [1.82, 2.24) is 10.2 Å². The molecule has 3 N–H and O–H groups in total. The molecular weight excluding hydrogens is 590 g/mol. The zero-order valence-electron chi connectivity index (χ0n) is 24.3. The molecule has 1 fully saturated rings. The number of halogens is 4. The minimum Gasteiger partial charge on any atom is -0.481 e. The predicted octanol–water partition coefficient (Wildman–Crippen LogP) is 3.72. The molecule has 1 heterocycles. The number of anilines is 1. The van der Waals surface area contributed by atoms with Crippen molar-refractivity contribution < 1.29 is 51.4 Å². The van der Waals surface area contributed by atoms with Gasteiger partial charge in [0.25, 0.3) is 0 Å². The van der Waals surface area contributed by atoms with Crippen LogP contribution in [0.3, 0.4) is 0 Å². The first-order valence-corrected chi connectivity index (χ1v) is 13.8. The molecular formula is C30H33F4N3O7. The summed E-state index contributed by atoms with van der Waals surface area (Å²) in [4.78, 5) is 64.5. The largest absolute Gasteiger partial charge is 0.481 e.